The van der Waals surface area contributed by atoms with Crippen LogP contribution in [-0.2, 0) is 10.9 Å². The highest BCUT2D eigenvalue weighted by atomic mass is 19.4. The Balaban J connectivity index is 2.08. The molecular weight excluding hydrogens is 301 g/mol. The number of carbonyl (C=O) groups is 1. The average Bonchev–Trinajstić information content (AvgIpc) is 2.46. The Morgan fingerprint density at radius 2 is 1.91 bits per heavy atom. The van der Waals surface area contributed by atoms with Crippen LogP contribution in [0.15, 0.2) is 6.07 Å². The van der Waals surface area contributed by atoms with E-state index in [1.807, 2.05) is 0 Å². The van der Waals surface area contributed by atoms with E-state index in [9.17, 15) is 18.0 Å². The minimum absolute atomic E-state index is 0.225. The molecule has 0 aromatic carbocycles. The quantitative estimate of drug-likeness (QED) is 0.835. The van der Waals surface area contributed by atoms with Gasteiger partial charge in [0, 0.05) is 37.9 Å². The summed E-state index contributed by atoms with van der Waals surface area (Å²) in [5, 5.41) is 0. The van der Waals surface area contributed by atoms with Crippen LogP contribution >= 0.6 is 0 Å². The van der Waals surface area contributed by atoms with Crippen molar-refractivity contribution in [2.75, 3.05) is 37.7 Å². The van der Waals surface area contributed by atoms with E-state index in [1.54, 1.807) is 11.8 Å². The minimum atomic E-state index is -4.58. The van der Waals surface area contributed by atoms with Gasteiger partial charge in [-0.2, -0.15) is 13.2 Å². The maximum Gasteiger partial charge on any atom is 0.451 e. The topological polar surface area (TPSA) is 58.6 Å². The van der Waals surface area contributed by atoms with Crippen molar-refractivity contribution >= 4 is 11.9 Å². The number of hydrogen-bond acceptors (Lipinski definition) is 5. The second-order valence-electron chi connectivity index (χ2n) is 4.86. The number of hydrogen-bond donors (Lipinski definition) is 0. The molecule has 1 aromatic rings. The summed E-state index contributed by atoms with van der Waals surface area (Å²) in [5.41, 5.74) is 0.255. The van der Waals surface area contributed by atoms with Gasteiger partial charge in [-0.15, -0.1) is 0 Å². The van der Waals surface area contributed by atoms with E-state index in [4.69, 9.17) is 4.74 Å². The fourth-order valence-electron chi connectivity index (χ4n) is 2.17. The molecule has 0 saturated carbocycles. The molecular formula is C13H17F3N4O2. The normalized spacial score (nSPS) is 15.9. The van der Waals surface area contributed by atoms with Crippen LogP contribution in [0.4, 0.5) is 23.8 Å². The summed E-state index contributed by atoms with van der Waals surface area (Å²) >= 11 is 0. The SMILES string of the molecule is CCOC(=O)N1CCN(c2cc(C)nc(C(F)(F)F)n2)CC1. The van der Waals surface area contributed by atoms with Crippen LogP contribution in [0.1, 0.15) is 18.4 Å². The summed E-state index contributed by atoms with van der Waals surface area (Å²) in [6, 6.07) is 1.51. The van der Waals surface area contributed by atoms with Gasteiger partial charge in [-0.1, -0.05) is 0 Å². The first-order valence-electron chi connectivity index (χ1n) is 6.90. The monoisotopic (exact) mass is 318 g/mol. The number of anilines is 1. The molecule has 6 nitrogen and oxygen atoms in total. The third-order valence-corrected chi connectivity index (χ3v) is 3.22. The van der Waals surface area contributed by atoms with Crippen molar-refractivity contribution in [2.24, 2.45) is 0 Å². The van der Waals surface area contributed by atoms with Gasteiger partial charge >= 0.3 is 12.3 Å². The van der Waals surface area contributed by atoms with Crippen LogP contribution < -0.4 is 4.90 Å². The van der Waals surface area contributed by atoms with E-state index in [0.717, 1.165) is 0 Å². The lowest BCUT2D eigenvalue weighted by Crippen LogP contribution is -2.49. The molecule has 1 saturated heterocycles. The van der Waals surface area contributed by atoms with E-state index < -0.39 is 18.1 Å². The number of nitrogens with zero attached hydrogens (tertiary/aromatic N) is 4. The highest BCUT2D eigenvalue weighted by Gasteiger charge is 2.35. The van der Waals surface area contributed by atoms with E-state index in [2.05, 4.69) is 9.97 Å². The van der Waals surface area contributed by atoms with E-state index in [-0.39, 0.29) is 11.5 Å². The highest BCUT2D eigenvalue weighted by molar-refractivity contribution is 5.68. The second kappa shape index (κ2) is 6.37. The Morgan fingerprint density at radius 3 is 2.45 bits per heavy atom. The van der Waals surface area contributed by atoms with Gasteiger partial charge in [0.25, 0.3) is 0 Å². The molecule has 1 aliphatic rings. The average molecular weight is 318 g/mol. The van der Waals surface area contributed by atoms with Gasteiger partial charge in [-0.05, 0) is 13.8 Å². The fraction of sp³-hybridized carbons (Fsp3) is 0.615. The Morgan fingerprint density at radius 1 is 1.27 bits per heavy atom. The molecule has 22 heavy (non-hydrogen) atoms. The van der Waals surface area contributed by atoms with Crippen LogP contribution in [0.3, 0.4) is 0 Å². The van der Waals surface area contributed by atoms with Crippen LogP contribution in [0, 0.1) is 6.92 Å². The summed E-state index contributed by atoms with van der Waals surface area (Å²) in [6.07, 6.45) is -4.98. The molecule has 1 aromatic heterocycles. The first-order valence-corrected chi connectivity index (χ1v) is 6.90. The van der Waals surface area contributed by atoms with Crippen molar-refractivity contribution in [3.05, 3.63) is 17.6 Å². The number of amides is 1. The molecule has 2 rings (SSSR count). The van der Waals surface area contributed by atoms with Crippen molar-refractivity contribution in [1.82, 2.24) is 14.9 Å². The number of piperazine rings is 1. The zero-order valence-corrected chi connectivity index (χ0v) is 12.4. The lowest BCUT2D eigenvalue weighted by atomic mass is 10.3. The largest absolute Gasteiger partial charge is 0.451 e. The fourth-order valence-corrected chi connectivity index (χ4v) is 2.17. The summed E-state index contributed by atoms with van der Waals surface area (Å²) in [6.45, 7) is 5.05. The van der Waals surface area contributed by atoms with Gasteiger partial charge in [-0.25, -0.2) is 14.8 Å². The molecule has 1 fully saturated rings. The molecule has 0 bridgehead atoms. The van der Waals surface area contributed by atoms with Gasteiger partial charge in [0.05, 0.1) is 6.61 Å². The molecule has 0 radical (unpaired) electrons. The highest BCUT2D eigenvalue weighted by Crippen LogP contribution is 2.28. The lowest BCUT2D eigenvalue weighted by molar-refractivity contribution is -0.145. The summed E-state index contributed by atoms with van der Waals surface area (Å²) in [7, 11) is 0. The van der Waals surface area contributed by atoms with Crippen molar-refractivity contribution < 1.29 is 22.7 Å². The van der Waals surface area contributed by atoms with Crippen molar-refractivity contribution in [2.45, 2.75) is 20.0 Å². The molecule has 2 heterocycles. The third kappa shape index (κ3) is 3.77. The van der Waals surface area contributed by atoms with Crippen molar-refractivity contribution in [3.8, 4) is 0 Å². The van der Waals surface area contributed by atoms with E-state index >= 15 is 0 Å². The number of halogens is 3. The molecule has 9 heteroatoms. The number of aromatic nitrogens is 2. The number of aryl methyl sites for hydroxylation is 1. The Labute approximate surface area is 125 Å². The molecule has 1 aliphatic heterocycles. The predicted molar refractivity (Wildman–Crippen MR) is 72.6 cm³/mol. The summed E-state index contributed by atoms with van der Waals surface area (Å²) in [5.74, 6) is -0.918. The smallest absolute Gasteiger partial charge is 0.450 e. The molecule has 0 aliphatic carbocycles. The zero-order valence-electron chi connectivity index (χ0n) is 12.4. The first kappa shape index (κ1) is 16.3. The molecule has 0 atom stereocenters. The molecule has 122 valence electrons. The number of alkyl halides is 3. The lowest BCUT2D eigenvalue weighted by Gasteiger charge is -2.34. The van der Waals surface area contributed by atoms with E-state index in [0.29, 0.717) is 32.8 Å². The van der Waals surface area contributed by atoms with Crippen molar-refractivity contribution in [3.63, 3.8) is 0 Å². The Hall–Kier alpha value is -2.06. The predicted octanol–water partition coefficient (Wildman–Crippen LogP) is 2.08. The van der Waals surface area contributed by atoms with Crippen LogP contribution in [0.5, 0.6) is 0 Å². The van der Waals surface area contributed by atoms with Crippen LogP contribution in [0.25, 0.3) is 0 Å². The first-order chi connectivity index (χ1) is 10.3. The van der Waals surface area contributed by atoms with Gasteiger partial charge in [0.1, 0.15) is 5.82 Å². The molecule has 0 N–H and O–H groups in total. The van der Waals surface area contributed by atoms with Crippen LogP contribution in [-0.4, -0.2) is 53.7 Å². The molecule has 1 amide bonds. The number of rotatable bonds is 2. The number of carbonyl (C=O) groups excluding carboxylic acids is 1. The Kier molecular flexibility index (Phi) is 4.72. The standard InChI is InChI=1S/C13H17F3N4O2/c1-3-22-12(21)20-6-4-19(5-7-20)10-8-9(2)17-11(18-10)13(14,15)16/h8H,3-7H2,1-2H3. The van der Waals surface area contributed by atoms with E-state index in [1.165, 1.54) is 17.9 Å². The van der Waals surface area contributed by atoms with Gasteiger partial charge in [0.2, 0.25) is 5.82 Å². The van der Waals surface area contributed by atoms with Gasteiger partial charge in [-0.3, -0.25) is 0 Å². The Bertz CT molecular complexity index is 543. The summed E-state index contributed by atoms with van der Waals surface area (Å²) in [4.78, 5) is 21.8. The van der Waals surface area contributed by atoms with Gasteiger partial charge < -0.3 is 14.5 Å². The molecule has 0 unspecified atom stereocenters. The van der Waals surface area contributed by atoms with Gasteiger partial charge in [0.15, 0.2) is 0 Å². The van der Waals surface area contributed by atoms with Crippen molar-refractivity contribution in [1.29, 1.82) is 0 Å². The summed E-state index contributed by atoms with van der Waals surface area (Å²) < 4.78 is 43.2. The van der Waals surface area contributed by atoms with Crippen LogP contribution in [0.2, 0.25) is 0 Å². The minimum Gasteiger partial charge on any atom is -0.450 e. The zero-order chi connectivity index (χ0) is 16.3. The maximum absolute atomic E-state index is 12.8. The second-order valence-corrected chi connectivity index (χ2v) is 4.86. The maximum atomic E-state index is 12.8. The molecule has 0 spiro atoms. The number of ether oxygens (including phenoxy) is 1. The third-order valence-electron chi connectivity index (χ3n) is 3.22.